The highest BCUT2D eigenvalue weighted by molar-refractivity contribution is 7.10. The molecule has 0 aliphatic carbocycles. The number of rotatable bonds is 4. The first-order valence-electron chi connectivity index (χ1n) is 5.96. The Kier molecular flexibility index (Phi) is 4.25. The van der Waals surface area contributed by atoms with Crippen LogP contribution in [0.25, 0.3) is 0 Å². The number of halogens is 1. The van der Waals surface area contributed by atoms with Crippen molar-refractivity contribution in [2.45, 2.75) is 32.1 Å². The summed E-state index contributed by atoms with van der Waals surface area (Å²) in [4.78, 5) is 1.33. The van der Waals surface area contributed by atoms with Crippen molar-refractivity contribution in [3.8, 4) is 0 Å². The average molecular weight is 265 g/mol. The standard InChI is InChI=1S/C15H17ClS/c1-3-13-8-9-17-15(13)14(16)10-12-6-4-11(2)5-7-12/h4-9,14H,3,10H2,1-2H3. The lowest BCUT2D eigenvalue weighted by Gasteiger charge is -2.10. The van der Waals surface area contributed by atoms with Gasteiger partial charge in [0.05, 0.1) is 5.38 Å². The van der Waals surface area contributed by atoms with Crippen LogP contribution < -0.4 is 0 Å². The zero-order valence-electron chi connectivity index (χ0n) is 10.2. The van der Waals surface area contributed by atoms with Gasteiger partial charge in [-0.05, 0) is 42.3 Å². The summed E-state index contributed by atoms with van der Waals surface area (Å²) in [6, 6.07) is 10.8. The molecule has 0 bridgehead atoms. The van der Waals surface area contributed by atoms with Gasteiger partial charge in [0, 0.05) is 4.88 Å². The number of hydrogen-bond donors (Lipinski definition) is 0. The summed E-state index contributed by atoms with van der Waals surface area (Å²) < 4.78 is 0. The Hall–Kier alpha value is -0.790. The van der Waals surface area contributed by atoms with Crippen LogP contribution in [0.4, 0.5) is 0 Å². The van der Waals surface area contributed by atoms with Crippen molar-refractivity contribution in [1.82, 2.24) is 0 Å². The van der Waals surface area contributed by atoms with E-state index < -0.39 is 0 Å². The van der Waals surface area contributed by atoms with Crippen LogP contribution >= 0.6 is 22.9 Å². The molecule has 1 aromatic heterocycles. The minimum Gasteiger partial charge on any atom is -0.147 e. The number of aryl methyl sites for hydroxylation is 2. The Morgan fingerprint density at radius 3 is 2.53 bits per heavy atom. The van der Waals surface area contributed by atoms with Crippen LogP contribution in [-0.4, -0.2) is 0 Å². The zero-order valence-corrected chi connectivity index (χ0v) is 11.8. The predicted octanol–water partition coefficient (Wildman–Crippen LogP) is 5.14. The largest absolute Gasteiger partial charge is 0.147 e. The monoisotopic (exact) mass is 264 g/mol. The second kappa shape index (κ2) is 5.70. The fraction of sp³-hybridized carbons (Fsp3) is 0.333. The van der Waals surface area contributed by atoms with Crippen LogP contribution in [-0.2, 0) is 12.8 Å². The summed E-state index contributed by atoms with van der Waals surface area (Å²) in [7, 11) is 0. The molecule has 2 aromatic rings. The Labute approximate surface area is 112 Å². The molecule has 90 valence electrons. The van der Waals surface area contributed by atoms with Crippen molar-refractivity contribution in [3.63, 3.8) is 0 Å². The summed E-state index contributed by atoms with van der Waals surface area (Å²) in [6.07, 6.45) is 1.98. The third-order valence-electron chi connectivity index (χ3n) is 2.98. The molecule has 0 saturated carbocycles. The van der Waals surface area contributed by atoms with Crippen LogP contribution in [0.1, 0.15) is 33.9 Å². The van der Waals surface area contributed by atoms with E-state index in [1.807, 2.05) is 0 Å². The van der Waals surface area contributed by atoms with Crippen molar-refractivity contribution in [2.75, 3.05) is 0 Å². The Balaban J connectivity index is 2.11. The van der Waals surface area contributed by atoms with E-state index in [0.717, 1.165) is 12.8 Å². The highest BCUT2D eigenvalue weighted by Gasteiger charge is 2.13. The van der Waals surface area contributed by atoms with Gasteiger partial charge in [0.25, 0.3) is 0 Å². The van der Waals surface area contributed by atoms with E-state index in [2.05, 4.69) is 49.6 Å². The molecule has 0 radical (unpaired) electrons. The first-order valence-corrected chi connectivity index (χ1v) is 7.28. The summed E-state index contributed by atoms with van der Waals surface area (Å²) in [5.41, 5.74) is 4.00. The maximum Gasteiger partial charge on any atom is 0.0721 e. The van der Waals surface area contributed by atoms with Crippen molar-refractivity contribution in [1.29, 1.82) is 0 Å². The molecule has 0 saturated heterocycles. The normalized spacial score (nSPS) is 12.6. The number of benzene rings is 1. The number of hydrogen-bond acceptors (Lipinski definition) is 1. The van der Waals surface area contributed by atoms with Crippen LogP contribution in [0.15, 0.2) is 35.7 Å². The minimum atomic E-state index is 0.104. The molecule has 0 amide bonds. The molecule has 0 spiro atoms. The molecule has 1 unspecified atom stereocenters. The number of thiophene rings is 1. The highest BCUT2D eigenvalue weighted by Crippen LogP contribution is 2.32. The molecule has 1 aromatic carbocycles. The van der Waals surface area contributed by atoms with Gasteiger partial charge in [0.15, 0.2) is 0 Å². The third-order valence-corrected chi connectivity index (χ3v) is 4.56. The third kappa shape index (κ3) is 3.11. The fourth-order valence-electron chi connectivity index (χ4n) is 1.94. The molecular formula is C15H17ClS. The Morgan fingerprint density at radius 1 is 1.18 bits per heavy atom. The van der Waals surface area contributed by atoms with Crippen LogP contribution in [0, 0.1) is 6.92 Å². The van der Waals surface area contributed by atoms with Crippen molar-refractivity contribution >= 4 is 22.9 Å². The lowest BCUT2D eigenvalue weighted by atomic mass is 10.0. The molecule has 2 heteroatoms. The quantitative estimate of drug-likeness (QED) is 0.671. The van der Waals surface area contributed by atoms with Gasteiger partial charge in [-0.25, -0.2) is 0 Å². The van der Waals surface area contributed by atoms with E-state index in [1.54, 1.807) is 11.3 Å². The van der Waals surface area contributed by atoms with Crippen LogP contribution in [0.3, 0.4) is 0 Å². The molecule has 0 aliphatic heterocycles. The average Bonchev–Trinajstić information content (AvgIpc) is 2.80. The molecule has 1 atom stereocenters. The van der Waals surface area contributed by atoms with Gasteiger partial charge in [-0.1, -0.05) is 36.8 Å². The highest BCUT2D eigenvalue weighted by atomic mass is 35.5. The molecular weight excluding hydrogens is 248 g/mol. The topological polar surface area (TPSA) is 0 Å². The SMILES string of the molecule is CCc1ccsc1C(Cl)Cc1ccc(C)cc1. The molecule has 0 fully saturated rings. The van der Waals surface area contributed by atoms with E-state index >= 15 is 0 Å². The lowest BCUT2D eigenvalue weighted by Crippen LogP contribution is -1.96. The first kappa shape index (κ1) is 12.7. The Morgan fingerprint density at radius 2 is 1.88 bits per heavy atom. The predicted molar refractivity (Wildman–Crippen MR) is 77.2 cm³/mol. The second-order valence-electron chi connectivity index (χ2n) is 4.32. The van der Waals surface area contributed by atoms with Gasteiger partial charge in [-0.2, -0.15) is 0 Å². The van der Waals surface area contributed by atoms with E-state index in [-0.39, 0.29) is 5.38 Å². The van der Waals surface area contributed by atoms with Crippen molar-refractivity contribution < 1.29 is 0 Å². The molecule has 0 aliphatic rings. The minimum absolute atomic E-state index is 0.104. The molecule has 0 nitrogen and oxygen atoms in total. The summed E-state index contributed by atoms with van der Waals surface area (Å²) in [5.74, 6) is 0. The van der Waals surface area contributed by atoms with Crippen LogP contribution in [0.5, 0.6) is 0 Å². The van der Waals surface area contributed by atoms with E-state index in [1.165, 1.54) is 21.6 Å². The van der Waals surface area contributed by atoms with Gasteiger partial charge in [0.1, 0.15) is 0 Å². The summed E-state index contributed by atoms with van der Waals surface area (Å²) in [5, 5.41) is 2.24. The van der Waals surface area contributed by atoms with Crippen LogP contribution in [0.2, 0.25) is 0 Å². The van der Waals surface area contributed by atoms with E-state index in [4.69, 9.17) is 11.6 Å². The maximum atomic E-state index is 6.52. The van der Waals surface area contributed by atoms with E-state index in [0.29, 0.717) is 0 Å². The smallest absolute Gasteiger partial charge is 0.0721 e. The fourth-order valence-corrected chi connectivity index (χ4v) is 3.38. The maximum absolute atomic E-state index is 6.52. The van der Waals surface area contributed by atoms with Crippen molar-refractivity contribution in [2.24, 2.45) is 0 Å². The van der Waals surface area contributed by atoms with Gasteiger partial charge in [-0.3, -0.25) is 0 Å². The summed E-state index contributed by atoms with van der Waals surface area (Å²) >= 11 is 8.29. The second-order valence-corrected chi connectivity index (χ2v) is 5.80. The first-order chi connectivity index (χ1) is 8.20. The zero-order chi connectivity index (χ0) is 12.3. The number of alkyl halides is 1. The van der Waals surface area contributed by atoms with Gasteiger partial charge in [-0.15, -0.1) is 22.9 Å². The molecule has 0 N–H and O–H groups in total. The van der Waals surface area contributed by atoms with Gasteiger partial charge in [0.2, 0.25) is 0 Å². The molecule has 17 heavy (non-hydrogen) atoms. The summed E-state index contributed by atoms with van der Waals surface area (Å²) in [6.45, 7) is 4.29. The van der Waals surface area contributed by atoms with Gasteiger partial charge >= 0.3 is 0 Å². The Bertz CT molecular complexity index is 470. The van der Waals surface area contributed by atoms with E-state index in [9.17, 15) is 0 Å². The molecule has 2 rings (SSSR count). The lowest BCUT2D eigenvalue weighted by molar-refractivity contribution is 0.918. The molecule has 1 heterocycles. The van der Waals surface area contributed by atoms with Crippen molar-refractivity contribution in [3.05, 3.63) is 57.3 Å². The van der Waals surface area contributed by atoms with Gasteiger partial charge < -0.3 is 0 Å².